The van der Waals surface area contributed by atoms with Crippen LogP contribution >= 0.6 is 27.5 Å². The minimum atomic E-state index is -1.02. The van der Waals surface area contributed by atoms with Crippen molar-refractivity contribution < 1.29 is 8.78 Å². The molecule has 0 amide bonds. The van der Waals surface area contributed by atoms with Gasteiger partial charge in [0.05, 0.1) is 15.2 Å². The number of anilines is 1. The van der Waals surface area contributed by atoms with E-state index in [1.807, 2.05) is 0 Å². The Morgan fingerprint density at radius 2 is 2.00 bits per heavy atom. The summed E-state index contributed by atoms with van der Waals surface area (Å²) in [6.45, 7) is 0. The highest BCUT2D eigenvalue weighted by molar-refractivity contribution is 9.10. The van der Waals surface area contributed by atoms with E-state index < -0.39 is 11.6 Å². The standard InChI is InChI=1S/C6H3BrClF2N/c7-4-5(8)3(11)1-2(9)6(4)10/h1H,11H2. The summed E-state index contributed by atoms with van der Waals surface area (Å²) in [5, 5.41) is -0.0103. The average Bonchev–Trinajstić information content (AvgIpc) is 1.97. The fourth-order valence-corrected chi connectivity index (χ4v) is 1.15. The molecule has 0 bridgehead atoms. The van der Waals surface area contributed by atoms with Gasteiger partial charge in [-0.25, -0.2) is 8.78 Å². The lowest BCUT2D eigenvalue weighted by Crippen LogP contribution is -1.93. The summed E-state index contributed by atoms with van der Waals surface area (Å²) >= 11 is 8.23. The molecule has 1 rings (SSSR count). The predicted octanol–water partition coefficient (Wildman–Crippen LogP) is 2.96. The quantitative estimate of drug-likeness (QED) is 0.422. The Bertz CT molecular complexity index is 277. The molecule has 11 heavy (non-hydrogen) atoms. The summed E-state index contributed by atoms with van der Waals surface area (Å²) < 4.78 is 24.9. The van der Waals surface area contributed by atoms with Gasteiger partial charge in [0, 0.05) is 6.07 Å². The summed E-state index contributed by atoms with van der Waals surface area (Å²) in [5.74, 6) is -2.04. The Morgan fingerprint density at radius 3 is 2.55 bits per heavy atom. The first-order valence-electron chi connectivity index (χ1n) is 2.62. The summed E-state index contributed by atoms with van der Waals surface area (Å²) in [4.78, 5) is 0. The highest BCUT2D eigenvalue weighted by Crippen LogP contribution is 2.32. The van der Waals surface area contributed by atoms with Gasteiger partial charge in [0.15, 0.2) is 11.6 Å². The van der Waals surface area contributed by atoms with Crippen LogP contribution in [0.15, 0.2) is 10.5 Å². The second kappa shape index (κ2) is 2.95. The predicted molar refractivity (Wildman–Crippen MR) is 43.5 cm³/mol. The van der Waals surface area contributed by atoms with Crippen molar-refractivity contribution >= 4 is 33.2 Å². The van der Waals surface area contributed by atoms with Crippen LogP contribution in [0.25, 0.3) is 0 Å². The van der Waals surface area contributed by atoms with Gasteiger partial charge >= 0.3 is 0 Å². The molecule has 0 aliphatic carbocycles. The number of halogens is 4. The number of hydrogen-bond acceptors (Lipinski definition) is 1. The van der Waals surface area contributed by atoms with Crippen LogP contribution in [0, 0.1) is 11.6 Å². The molecule has 0 aliphatic heterocycles. The Hall–Kier alpha value is -0.350. The van der Waals surface area contributed by atoms with Crippen molar-refractivity contribution in [2.75, 3.05) is 5.73 Å². The third-order valence-corrected chi connectivity index (χ3v) is 2.51. The molecule has 1 aromatic carbocycles. The molecule has 0 aliphatic rings. The zero-order valence-electron chi connectivity index (χ0n) is 5.17. The Morgan fingerprint density at radius 1 is 1.45 bits per heavy atom. The van der Waals surface area contributed by atoms with Crippen molar-refractivity contribution in [3.63, 3.8) is 0 Å². The van der Waals surface area contributed by atoms with Gasteiger partial charge in [-0.05, 0) is 15.9 Å². The Kier molecular flexibility index (Phi) is 2.34. The average molecular weight is 242 g/mol. The third-order valence-electron chi connectivity index (χ3n) is 1.13. The van der Waals surface area contributed by atoms with Gasteiger partial charge in [-0.1, -0.05) is 11.6 Å². The first-order chi connectivity index (χ1) is 5.04. The van der Waals surface area contributed by atoms with Crippen molar-refractivity contribution in [3.8, 4) is 0 Å². The molecular formula is C6H3BrClF2N. The van der Waals surface area contributed by atoms with Crippen LogP contribution in [-0.4, -0.2) is 0 Å². The van der Waals surface area contributed by atoms with Crippen LogP contribution < -0.4 is 5.73 Å². The molecule has 0 unspecified atom stereocenters. The summed E-state index contributed by atoms with van der Waals surface area (Å²) in [6, 6.07) is 0.836. The van der Waals surface area contributed by atoms with E-state index in [9.17, 15) is 8.78 Å². The largest absolute Gasteiger partial charge is 0.397 e. The minimum absolute atomic E-state index is 0.0103. The molecule has 0 fully saturated rings. The molecular weight excluding hydrogens is 239 g/mol. The summed E-state index contributed by atoms with van der Waals surface area (Å²) in [5.41, 5.74) is 5.23. The number of hydrogen-bond donors (Lipinski definition) is 1. The molecule has 2 N–H and O–H groups in total. The van der Waals surface area contributed by atoms with Crippen LogP contribution in [0.2, 0.25) is 5.02 Å². The van der Waals surface area contributed by atoms with Crippen LogP contribution in [0.4, 0.5) is 14.5 Å². The lowest BCUT2D eigenvalue weighted by molar-refractivity contribution is 0.505. The summed E-state index contributed by atoms with van der Waals surface area (Å²) in [6.07, 6.45) is 0. The topological polar surface area (TPSA) is 26.0 Å². The van der Waals surface area contributed by atoms with E-state index in [2.05, 4.69) is 15.9 Å². The van der Waals surface area contributed by atoms with E-state index >= 15 is 0 Å². The lowest BCUT2D eigenvalue weighted by atomic mass is 10.3. The van der Waals surface area contributed by atoms with Gasteiger partial charge in [-0.3, -0.25) is 0 Å². The van der Waals surface area contributed by atoms with Crippen molar-refractivity contribution in [2.45, 2.75) is 0 Å². The molecule has 1 aromatic rings. The van der Waals surface area contributed by atoms with E-state index in [1.54, 1.807) is 0 Å². The zero-order chi connectivity index (χ0) is 8.59. The lowest BCUT2D eigenvalue weighted by Gasteiger charge is -2.01. The first kappa shape index (κ1) is 8.74. The fraction of sp³-hybridized carbons (Fsp3) is 0. The van der Waals surface area contributed by atoms with Gasteiger partial charge in [0.2, 0.25) is 0 Å². The normalized spacial score (nSPS) is 10.2. The second-order valence-electron chi connectivity index (χ2n) is 1.89. The van der Waals surface area contributed by atoms with E-state index in [0.717, 1.165) is 6.07 Å². The van der Waals surface area contributed by atoms with Crippen molar-refractivity contribution in [1.82, 2.24) is 0 Å². The van der Waals surface area contributed by atoms with Gasteiger partial charge in [-0.15, -0.1) is 0 Å². The first-order valence-corrected chi connectivity index (χ1v) is 3.79. The molecule has 0 saturated heterocycles. The molecule has 5 heteroatoms. The maximum absolute atomic E-state index is 12.6. The molecule has 0 spiro atoms. The maximum Gasteiger partial charge on any atom is 0.174 e. The Balaban J connectivity index is 3.46. The molecule has 0 aromatic heterocycles. The van der Waals surface area contributed by atoms with Crippen molar-refractivity contribution in [1.29, 1.82) is 0 Å². The van der Waals surface area contributed by atoms with E-state index in [-0.39, 0.29) is 15.2 Å². The molecule has 0 radical (unpaired) electrons. The number of rotatable bonds is 0. The molecule has 0 heterocycles. The van der Waals surface area contributed by atoms with E-state index in [0.29, 0.717) is 0 Å². The van der Waals surface area contributed by atoms with Gasteiger partial charge in [0.1, 0.15) is 0 Å². The maximum atomic E-state index is 12.6. The summed E-state index contributed by atoms with van der Waals surface area (Å²) in [7, 11) is 0. The zero-order valence-corrected chi connectivity index (χ0v) is 7.51. The monoisotopic (exact) mass is 241 g/mol. The smallest absolute Gasteiger partial charge is 0.174 e. The third kappa shape index (κ3) is 1.46. The molecule has 1 nitrogen and oxygen atoms in total. The van der Waals surface area contributed by atoms with Gasteiger partial charge in [-0.2, -0.15) is 0 Å². The second-order valence-corrected chi connectivity index (χ2v) is 3.06. The number of nitrogen functional groups attached to an aromatic ring is 1. The fourth-order valence-electron chi connectivity index (χ4n) is 0.591. The van der Waals surface area contributed by atoms with Crippen LogP contribution in [0.3, 0.4) is 0 Å². The number of benzene rings is 1. The van der Waals surface area contributed by atoms with Crippen molar-refractivity contribution in [2.24, 2.45) is 0 Å². The van der Waals surface area contributed by atoms with Gasteiger partial charge < -0.3 is 5.73 Å². The minimum Gasteiger partial charge on any atom is -0.397 e. The van der Waals surface area contributed by atoms with E-state index in [4.69, 9.17) is 17.3 Å². The van der Waals surface area contributed by atoms with Crippen LogP contribution in [-0.2, 0) is 0 Å². The van der Waals surface area contributed by atoms with Crippen LogP contribution in [0.5, 0.6) is 0 Å². The number of nitrogens with two attached hydrogens (primary N) is 1. The molecule has 60 valence electrons. The highest BCUT2D eigenvalue weighted by atomic mass is 79.9. The Labute approximate surface area is 75.3 Å². The van der Waals surface area contributed by atoms with Gasteiger partial charge in [0.25, 0.3) is 0 Å². The van der Waals surface area contributed by atoms with Crippen molar-refractivity contribution in [3.05, 3.63) is 27.2 Å². The van der Waals surface area contributed by atoms with Crippen LogP contribution in [0.1, 0.15) is 0 Å². The molecule has 0 atom stereocenters. The highest BCUT2D eigenvalue weighted by Gasteiger charge is 2.12. The molecule has 0 saturated carbocycles. The SMILES string of the molecule is Nc1cc(F)c(F)c(Br)c1Cl. The van der Waals surface area contributed by atoms with E-state index in [1.165, 1.54) is 0 Å².